The Balaban J connectivity index is 1.39. The third-order valence-electron chi connectivity index (χ3n) is 5.16. The molecule has 1 amide bonds. The Morgan fingerprint density at radius 3 is 2.33 bits per heavy atom. The van der Waals surface area contributed by atoms with E-state index in [9.17, 15) is 4.79 Å². The number of rotatable bonds is 5. The number of amides is 1. The highest BCUT2D eigenvalue weighted by atomic mass is 35.5. The van der Waals surface area contributed by atoms with Crippen LogP contribution < -0.4 is 10.1 Å². The van der Waals surface area contributed by atoms with Crippen LogP contribution in [-0.4, -0.2) is 29.9 Å². The molecule has 0 aromatic heterocycles. The van der Waals surface area contributed by atoms with Crippen molar-refractivity contribution in [2.45, 2.75) is 18.9 Å². The van der Waals surface area contributed by atoms with Gasteiger partial charge in [-0.15, -0.1) is 0 Å². The highest BCUT2D eigenvalue weighted by Crippen LogP contribution is 2.35. The molecule has 0 spiro atoms. The summed E-state index contributed by atoms with van der Waals surface area (Å²) in [5, 5.41) is 4.60. The van der Waals surface area contributed by atoms with Gasteiger partial charge >= 0.3 is 0 Å². The molecule has 3 aromatic rings. The second kappa shape index (κ2) is 9.41. The molecule has 0 bridgehead atoms. The van der Waals surface area contributed by atoms with Gasteiger partial charge in [0, 0.05) is 29.7 Å². The predicted molar refractivity (Wildman–Crippen MR) is 122 cm³/mol. The first-order valence-electron chi connectivity index (χ1n) is 9.93. The molecule has 3 aromatic carbocycles. The van der Waals surface area contributed by atoms with Gasteiger partial charge in [-0.05, 0) is 55.3 Å². The highest BCUT2D eigenvalue weighted by molar-refractivity contribution is 6.35. The molecular formula is C24H22Cl2N2O2. The van der Waals surface area contributed by atoms with Crippen molar-refractivity contribution >= 4 is 34.8 Å². The smallest absolute Gasteiger partial charge is 0.253 e. The van der Waals surface area contributed by atoms with E-state index in [0.717, 1.165) is 37.2 Å². The number of carbonyl (C=O) groups is 1. The summed E-state index contributed by atoms with van der Waals surface area (Å²) in [7, 11) is 0. The zero-order valence-corrected chi connectivity index (χ0v) is 17.9. The van der Waals surface area contributed by atoms with E-state index in [1.54, 1.807) is 18.2 Å². The summed E-state index contributed by atoms with van der Waals surface area (Å²) in [6.45, 7) is 1.44. The standard InChI is InChI=1S/C24H22Cl2N2O2/c25-18-10-11-22(20(26)16-18)30-23-9-5-4-8-21(23)27-19-12-14-28(15-13-19)24(29)17-6-2-1-3-7-17/h1-11,16,19,27H,12-15H2. The number of nitrogens with zero attached hydrogens (tertiary/aromatic N) is 1. The summed E-state index contributed by atoms with van der Waals surface area (Å²) in [6, 6.07) is 22.6. The monoisotopic (exact) mass is 440 g/mol. The second-order valence-electron chi connectivity index (χ2n) is 7.25. The Labute approximate surface area is 186 Å². The maximum absolute atomic E-state index is 12.6. The minimum atomic E-state index is 0.0927. The van der Waals surface area contributed by atoms with Crippen molar-refractivity contribution in [2.75, 3.05) is 18.4 Å². The molecule has 1 aliphatic rings. The van der Waals surface area contributed by atoms with Gasteiger partial charge in [-0.3, -0.25) is 4.79 Å². The van der Waals surface area contributed by atoms with Crippen LogP contribution in [0.25, 0.3) is 0 Å². The largest absolute Gasteiger partial charge is 0.454 e. The summed E-state index contributed by atoms with van der Waals surface area (Å²) >= 11 is 12.2. The van der Waals surface area contributed by atoms with E-state index in [2.05, 4.69) is 5.32 Å². The first kappa shape index (κ1) is 20.6. The molecule has 154 valence electrons. The van der Waals surface area contributed by atoms with E-state index in [4.69, 9.17) is 27.9 Å². The van der Waals surface area contributed by atoms with Crippen molar-refractivity contribution in [1.29, 1.82) is 0 Å². The van der Waals surface area contributed by atoms with Gasteiger partial charge in [-0.25, -0.2) is 0 Å². The van der Waals surface area contributed by atoms with Crippen LogP contribution in [0.15, 0.2) is 72.8 Å². The van der Waals surface area contributed by atoms with Crippen LogP contribution in [0.5, 0.6) is 11.5 Å². The van der Waals surface area contributed by atoms with Crippen molar-refractivity contribution in [3.8, 4) is 11.5 Å². The van der Waals surface area contributed by atoms with Gasteiger partial charge < -0.3 is 15.0 Å². The molecule has 1 fully saturated rings. The third kappa shape index (κ3) is 4.89. The molecular weight excluding hydrogens is 419 g/mol. The summed E-state index contributed by atoms with van der Waals surface area (Å²) in [5.41, 5.74) is 1.64. The highest BCUT2D eigenvalue weighted by Gasteiger charge is 2.24. The van der Waals surface area contributed by atoms with Crippen LogP contribution in [-0.2, 0) is 0 Å². The van der Waals surface area contributed by atoms with Crippen molar-refractivity contribution in [1.82, 2.24) is 4.90 Å². The fourth-order valence-corrected chi connectivity index (χ4v) is 4.01. The molecule has 1 heterocycles. The summed E-state index contributed by atoms with van der Waals surface area (Å²) < 4.78 is 6.04. The molecule has 0 aliphatic carbocycles. The summed E-state index contributed by atoms with van der Waals surface area (Å²) in [5.74, 6) is 1.35. The number of benzene rings is 3. The van der Waals surface area contributed by atoms with E-state index in [-0.39, 0.29) is 11.9 Å². The van der Waals surface area contributed by atoms with Gasteiger partial charge in [0.2, 0.25) is 0 Å². The molecule has 6 heteroatoms. The van der Waals surface area contributed by atoms with E-state index in [1.165, 1.54) is 0 Å². The number of hydrogen-bond donors (Lipinski definition) is 1. The number of para-hydroxylation sites is 2. The molecule has 0 unspecified atom stereocenters. The minimum absolute atomic E-state index is 0.0927. The maximum Gasteiger partial charge on any atom is 0.253 e. The lowest BCUT2D eigenvalue weighted by atomic mass is 10.0. The number of anilines is 1. The topological polar surface area (TPSA) is 41.6 Å². The second-order valence-corrected chi connectivity index (χ2v) is 8.09. The Morgan fingerprint density at radius 2 is 1.60 bits per heavy atom. The number of hydrogen-bond acceptors (Lipinski definition) is 3. The van der Waals surface area contributed by atoms with Crippen LogP contribution in [0.1, 0.15) is 23.2 Å². The zero-order valence-electron chi connectivity index (χ0n) is 16.4. The van der Waals surface area contributed by atoms with Crippen LogP contribution >= 0.6 is 23.2 Å². The first-order chi connectivity index (χ1) is 14.6. The van der Waals surface area contributed by atoms with Gasteiger partial charge in [0.1, 0.15) is 5.75 Å². The molecule has 0 radical (unpaired) electrons. The normalized spacial score (nSPS) is 14.4. The lowest BCUT2D eigenvalue weighted by Crippen LogP contribution is -2.42. The number of halogens is 2. The number of nitrogens with one attached hydrogen (secondary N) is 1. The van der Waals surface area contributed by atoms with E-state index in [0.29, 0.717) is 21.5 Å². The van der Waals surface area contributed by atoms with Gasteiger partial charge in [-0.1, -0.05) is 53.5 Å². The lowest BCUT2D eigenvalue weighted by Gasteiger charge is -2.33. The first-order valence-corrected chi connectivity index (χ1v) is 10.7. The minimum Gasteiger partial charge on any atom is -0.454 e. The quantitative estimate of drug-likeness (QED) is 0.491. The number of carbonyl (C=O) groups excluding carboxylic acids is 1. The molecule has 1 aliphatic heterocycles. The molecule has 0 atom stereocenters. The average Bonchev–Trinajstić information content (AvgIpc) is 2.77. The van der Waals surface area contributed by atoms with Crippen LogP contribution in [0.3, 0.4) is 0 Å². The van der Waals surface area contributed by atoms with Gasteiger partial charge in [0.05, 0.1) is 10.7 Å². The van der Waals surface area contributed by atoms with E-state index >= 15 is 0 Å². The Morgan fingerprint density at radius 1 is 0.900 bits per heavy atom. The van der Waals surface area contributed by atoms with Crippen LogP contribution in [0.2, 0.25) is 10.0 Å². The third-order valence-corrected chi connectivity index (χ3v) is 5.69. The van der Waals surface area contributed by atoms with Crippen LogP contribution in [0.4, 0.5) is 5.69 Å². The van der Waals surface area contributed by atoms with Crippen molar-refractivity contribution in [3.05, 3.63) is 88.4 Å². The number of ether oxygens (including phenoxy) is 1. The SMILES string of the molecule is O=C(c1ccccc1)N1CCC(Nc2ccccc2Oc2ccc(Cl)cc2Cl)CC1. The molecule has 1 N–H and O–H groups in total. The number of piperidine rings is 1. The summed E-state index contributed by atoms with van der Waals surface area (Å²) in [6.07, 6.45) is 1.74. The lowest BCUT2D eigenvalue weighted by molar-refractivity contribution is 0.0718. The van der Waals surface area contributed by atoms with Crippen LogP contribution in [0, 0.1) is 0 Å². The molecule has 0 saturated carbocycles. The zero-order chi connectivity index (χ0) is 20.9. The molecule has 4 nitrogen and oxygen atoms in total. The van der Waals surface area contributed by atoms with Gasteiger partial charge in [-0.2, -0.15) is 0 Å². The fourth-order valence-electron chi connectivity index (χ4n) is 3.56. The van der Waals surface area contributed by atoms with E-state index < -0.39 is 0 Å². The average molecular weight is 441 g/mol. The number of likely N-dealkylation sites (tertiary alicyclic amines) is 1. The fraction of sp³-hybridized carbons (Fsp3) is 0.208. The van der Waals surface area contributed by atoms with Crippen molar-refractivity contribution < 1.29 is 9.53 Å². The van der Waals surface area contributed by atoms with Gasteiger partial charge in [0.15, 0.2) is 5.75 Å². The molecule has 4 rings (SSSR count). The Kier molecular flexibility index (Phi) is 6.46. The molecule has 1 saturated heterocycles. The van der Waals surface area contributed by atoms with E-state index in [1.807, 2.05) is 59.5 Å². The van der Waals surface area contributed by atoms with Crippen molar-refractivity contribution in [3.63, 3.8) is 0 Å². The summed E-state index contributed by atoms with van der Waals surface area (Å²) in [4.78, 5) is 14.6. The van der Waals surface area contributed by atoms with Gasteiger partial charge in [0.25, 0.3) is 5.91 Å². The maximum atomic E-state index is 12.6. The predicted octanol–water partition coefficient (Wildman–Crippen LogP) is 6.50. The van der Waals surface area contributed by atoms with Crippen molar-refractivity contribution in [2.24, 2.45) is 0 Å². The Bertz CT molecular complexity index is 1020. The Hall–Kier alpha value is -2.69. The molecule has 30 heavy (non-hydrogen) atoms.